The highest BCUT2D eigenvalue weighted by atomic mass is 32.2. The second kappa shape index (κ2) is 28.2. The number of aliphatic hydroxyl groups is 1. The fourth-order valence-corrected chi connectivity index (χ4v) is 6.58. The molecule has 0 heterocycles. The second-order valence-corrected chi connectivity index (χ2v) is 15.1. The van der Waals surface area contributed by atoms with Crippen LogP contribution < -0.4 is 43.2 Å². The SMILES string of the molecule is CCCCCCCCCCCCS(=O)(=O)N[C@@H](CCCCN)C(=O)N[C@H](C(=O)N[C@@H](C)C(=O)N[C@@H](CCCCN)C(=O)N[C@@H](N)B(O)O)C(C)O. The molecule has 19 heteroatoms. The molecule has 0 bridgehead atoms. The number of unbranched alkanes of at least 4 members (excludes halogenated alkanes) is 11. The minimum atomic E-state index is -3.85. The molecule has 0 aromatic carbocycles. The maximum atomic E-state index is 13.3. The molecule has 6 atom stereocenters. The third-order valence-electron chi connectivity index (χ3n) is 8.38. The molecule has 17 nitrogen and oxygen atoms in total. The minimum absolute atomic E-state index is 0.109. The molecule has 0 spiro atoms. The van der Waals surface area contributed by atoms with Gasteiger partial charge in [0.25, 0.3) is 0 Å². The number of nitrogens with one attached hydrogen (secondary N) is 5. The summed E-state index contributed by atoms with van der Waals surface area (Å²) in [5, 5.41) is 38.3. The Kier molecular flexibility index (Phi) is 26.8. The average Bonchev–Trinajstić information content (AvgIpc) is 3.06. The third-order valence-corrected chi connectivity index (χ3v) is 9.85. The zero-order valence-electron chi connectivity index (χ0n) is 30.9. The molecule has 0 aliphatic rings. The fraction of sp³-hybridized carbons (Fsp3) is 0.875. The van der Waals surface area contributed by atoms with Gasteiger partial charge in [0.1, 0.15) is 30.2 Å². The Bertz CT molecular complexity index is 1100. The monoisotopic (exact) mass is 750 g/mol. The molecule has 298 valence electrons. The van der Waals surface area contributed by atoms with E-state index in [0.717, 1.165) is 25.7 Å². The normalized spacial score (nSPS) is 15.2. The summed E-state index contributed by atoms with van der Waals surface area (Å²) >= 11 is 0. The second-order valence-electron chi connectivity index (χ2n) is 13.2. The summed E-state index contributed by atoms with van der Waals surface area (Å²) in [6.07, 6.45) is 11.1. The maximum absolute atomic E-state index is 13.3. The van der Waals surface area contributed by atoms with E-state index in [4.69, 9.17) is 17.2 Å². The van der Waals surface area contributed by atoms with Crippen molar-refractivity contribution in [2.45, 2.75) is 160 Å². The van der Waals surface area contributed by atoms with Crippen molar-refractivity contribution in [3.8, 4) is 0 Å². The van der Waals surface area contributed by atoms with E-state index < -0.39 is 77.1 Å². The Hall–Kier alpha value is -2.39. The lowest BCUT2D eigenvalue weighted by atomic mass is 9.86. The number of carbonyl (C=O) groups is 4. The molecule has 1 unspecified atom stereocenters. The first-order valence-electron chi connectivity index (χ1n) is 18.5. The van der Waals surface area contributed by atoms with E-state index in [0.29, 0.717) is 45.2 Å². The minimum Gasteiger partial charge on any atom is -0.425 e. The molecular formula is C32H67BN8O9S. The van der Waals surface area contributed by atoms with Crippen LogP contribution in [0.25, 0.3) is 0 Å². The summed E-state index contributed by atoms with van der Waals surface area (Å²) in [4.78, 5) is 52.2. The van der Waals surface area contributed by atoms with Gasteiger partial charge in [-0.1, -0.05) is 71.1 Å². The van der Waals surface area contributed by atoms with Crippen LogP contribution in [0.4, 0.5) is 0 Å². The highest BCUT2D eigenvalue weighted by Crippen LogP contribution is 2.12. The summed E-state index contributed by atoms with van der Waals surface area (Å²) in [6, 6.07) is -6.69. The zero-order valence-corrected chi connectivity index (χ0v) is 31.7. The molecule has 0 aromatic rings. The first-order valence-corrected chi connectivity index (χ1v) is 20.2. The molecule has 0 aliphatic heterocycles. The van der Waals surface area contributed by atoms with E-state index in [1.54, 1.807) is 0 Å². The predicted molar refractivity (Wildman–Crippen MR) is 198 cm³/mol. The molecule has 51 heavy (non-hydrogen) atoms. The van der Waals surface area contributed by atoms with Gasteiger partial charge < -0.3 is 53.6 Å². The zero-order chi connectivity index (χ0) is 38.8. The van der Waals surface area contributed by atoms with E-state index >= 15 is 0 Å². The van der Waals surface area contributed by atoms with Gasteiger partial charge in [-0.2, -0.15) is 0 Å². The summed E-state index contributed by atoms with van der Waals surface area (Å²) in [6.45, 7) is 5.43. The number of nitrogens with two attached hydrogens (primary N) is 3. The Morgan fingerprint density at radius 2 is 1.14 bits per heavy atom. The van der Waals surface area contributed by atoms with Crippen LogP contribution in [0.2, 0.25) is 0 Å². The largest absolute Gasteiger partial charge is 0.490 e. The van der Waals surface area contributed by atoms with Crippen molar-refractivity contribution in [1.82, 2.24) is 26.0 Å². The number of sulfonamides is 1. The van der Waals surface area contributed by atoms with Gasteiger partial charge >= 0.3 is 7.12 Å². The molecule has 0 radical (unpaired) electrons. The van der Waals surface area contributed by atoms with E-state index in [2.05, 4.69) is 32.9 Å². The van der Waals surface area contributed by atoms with Crippen LogP contribution in [0.15, 0.2) is 0 Å². The highest BCUT2D eigenvalue weighted by molar-refractivity contribution is 7.89. The van der Waals surface area contributed by atoms with E-state index in [9.17, 15) is 42.8 Å². The first kappa shape index (κ1) is 48.6. The van der Waals surface area contributed by atoms with E-state index in [-0.39, 0.29) is 18.6 Å². The van der Waals surface area contributed by atoms with Crippen LogP contribution in [0.5, 0.6) is 0 Å². The number of rotatable bonds is 31. The molecule has 0 fully saturated rings. The summed E-state index contributed by atoms with van der Waals surface area (Å²) in [5.74, 6) is -3.48. The number of aliphatic hydroxyl groups excluding tert-OH is 1. The Morgan fingerprint density at radius 3 is 1.63 bits per heavy atom. The Morgan fingerprint density at radius 1 is 0.647 bits per heavy atom. The predicted octanol–water partition coefficient (Wildman–Crippen LogP) is -1.28. The summed E-state index contributed by atoms with van der Waals surface area (Å²) in [7, 11) is -5.89. The van der Waals surface area contributed by atoms with Crippen LogP contribution in [-0.4, -0.2) is 109 Å². The van der Waals surface area contributed by atoms with Crippen molar-refractivity contribution in [3.63, 3.8) is 0 Å². The highest BCUT2D eigenvalue weighted by Gasteiger charge is 2.33. The number of hydrogen-bond acceptors (Lipinski definition) is 12. The van der Waals surface area contributed by atoms with Crippen LogP contribution in [0.1, 0.15) is 124 Å². The lowest BCUT2D eigenvalue weighted by Crippen LogP contribution is -2.61. The van der Waals surface area contributed by atoms with Crippen molar-refractivity contribution in [1.29, 1.82) is 0 Å². The smallest absolute Gasteiger partial charge is 0.425 e. The summed E-state index contributed by atoms with van der Waals surface area (Å²) in [5.41, 5.74) is 16.6. The van der Waals surface area contributed by atoms with Gasteiger partial charge in [0.15, 0.2) is 0 Å². The van der Waals surface area contributed by atoms with Gasteiger partial charge in [-0.15, -0.1) is 0 Å². The van der Waals surface area contributed by atoms with Gasteiger partial charge in [0, 0.05) is 0 Å². The van der Waals surface area contributed by atoms with Crippen LogP contribution >= 0.6 is 0 Å². The van der Waals surface area contributed by atoms with Gasteiger partial charge in [0.2, 0.25) is 33.7 Å². The first-order chi connectivity index (χ1) is 24.1. The van der Waals surface area contributed by atoms with Crippen molar-refractivity contribution < 1.29 is 42.8 Å². The average molecular weight is 751 g/mol. The molecule has 0 aliphatic carbocycles. The Labute approximate surface area is 305 Å². The lowest BCUT2D eigenvalue weighted by Gasteiger charge is -2.27. The topological polar surface area (TPSA) is 301 Å². The molecule has 4 amide bonds. The number of amides is 4. The number of carbonyl (C=O) groups excluding carboxylic acids is 4. The summed E-state index contributed by atoms with van der Waals surface area (Å²) < 4.78 is 28.3. The maximum Gasteiger partial charge on any atom is 0.490 e. The van der Waals surface area contributed by atoms with Gasteiger partial charge in [-0.05, 0) is 65.5 Å². The van der Waals surface area contributed by atoms with Gasteiger partial charge in [0.05, 0.1) is 11.9 Å². The lowest BCUT2D eigenvalue weighted by molar-refractivity contribution is -0.135. The van der Waals surface area contributed by atoms with Crippen LogP contribution in [0, 0.1) is 0 Å². The standard InChI is InChI=1S/C32H67BN8O9S/c1-4-5-6-7-8-9-10-11-12-17-22-51(49,50)41-26(19-14-16-21-35)30(45)39-27(24(3)42)31(46)37-23(2)28(43)38-25(18-13-15-20-34)29(44)40-32(36)33(47)48/h23-27,32,41-42,47-48H,4-22,34-36H2,1-3H3,(H,37,46)(H,38,43)(H,39,45)(H,40,44)/t23-,24?,25-,26-,27-,32+/m0/s1. The molecule has 14 N–H and O–H groups in total. The van der Waals surface area contributed by atoms with Gasteiger partial charge in [-0.3, -0.25) is 19.2 Å². The van der Waals surface area contributed by atoms with Crippen LogP contribution in [0.3, 0.4) is 0 Å². The number of hydrogen-bond donors (Lipinski definition) is 11. The van der Waals surface area contributed by atoms with Crippen molar-refractivity contribution in [2.75, 3.05) is 18.8 Å². The molecule has 0 rings (SSSR count). The third kappa shape index (κ3) is 23.0. The quantitative estimate of drug-likeness (QED) is 0.0224. The van der Waals surface area contributed by atoms with Crippen molar-refractivity contribution in [2.24, 2.45) is 17.2 Å². The molecule has 0 aromatic heterocycles. The van der Waals surface area contributed by atoms with Crippen molar-refractivity contribution >= 4 is 40.8 Å². The molecule has 0 saturated carbocycles. The Balaban J connectivity index is 5.37. The van der Waals surface area contributed by atoms with Gasteiger partial charge in [-0.25, -0.2) is 13.1 Å². The van der Waals surface area contributed by atoms with Crippen LogP contribution in [-0.2, 0) is 29.2 Å². The molecule has 0 saturated heterocycles. The van der Waals surface area contributed by atoms with E-state index in [1.807, 2.05) is 0 Å². The molecular weight excluding hydrogens is 683 g/mol. The van der Waals surface area contributed by atoms with Crippen molar-refractivity contribution in [3.05, 3.63) is 0 Å². The fourth-order valence-electron chi connectivity index (χ4n) is 5.22. The van der Waals surface area contributed by atoms with E-state index in [1.165, 1.54) is 46.0 Å².